The van der Waals surface area contributed by atoms with Gasteiger partial charge >= 0.3 is 17.1 Å². The van der Waals surface area contributed by atoms with Crippen molar-refractivity contribution >= 4 is 23.0 Å². The van der Waals surface area contributed by atoms with Crippen LogP contribution in [0, 0.1) is 5.92 Å². The summed E-state index contributed by atoms with van der Waals surface area (Å²) in [4.78, 5) is 15.5. The molecule has 0 aromatic carbocycles. The molecule has 0 spiro atoms. The number of hydrogen-bond donors (Lipinski definition) is 1. The molecule has 11 heteroatoms. The molecule has 3 unspecified atom stereocenters. The highest BCUT2D eigenvalue weighted by Gasteiger charge is 2.61. The lowest BCUT2D eigenvalue weighted by atomic mass is 10.0. The maximum absolute atomic E-state index is 11.5. The third-order valence-electron chi connectivity index (χ3n) is 6.97. The monoisotopic (exact) mass is 484 g/mol. The van der Waals surface area contributed by atoms with Gasteiger partial charge in [-0.2, -0.15) is 0 Å². The Balaban J connectivity index is 2.03. The molecule has 0 aliphatic carbocycles. The van der Waals surface area contributed by atoms with Gasteiger partial charge in [-0.1, -0.05) is 62.3 Å². The minimum atomic E-state index is -2.71. The van der Waals surface area contributed by atoms with E-state index in [0.717, 1.165) is 0 Å². The van der Waals surface area contributed by atoms with Gasteiger partial charge in [0, 0.05) is 5.92 Å². The van der Waals surface area contributed by atoms with Crippen LogP contribution < -0.4 is 5.73 Å². The van der Waals surface area contributed by atoms with Crippen molar-refractivity contribution < 1.29 is 22.5 Å². The Morgan fingerprint density at radius 1 is 1.06 bits per heavy atom. The Morgan fingerprint density at radius 2 is 1.62 bits per heavy atom. The Morgan fingerprint density at radius 3 is 2.09 bits per heavy atom. The van der Waals surface area contributed by atoms with Gasteiger partial charge in [0.1, 0.15) is 12.4 Å². The van der Waals surface area contributed by atoms with Crippen molar-refractivity contribution in [2.45, 2.75) is 103 Å². The fourth-order valence-electron chi connectivity index (χ4n) is 5.15. The van der Waals surface area contributed by atoms with Crippen LogP contribution >= 0.6 is 0 Å². The van der Waals surface area contributed by atoms with Crippen LogP contribution in [0.3, 0.4) is 0 Å². The average Bonchev–Trinajstić information content (AvgIpc) is 3.27. The molecule has 32 heavy (non-hydrogen) atoms. The lowest BCUT2D eigenvalue weighted by Gasteiger charge is -2.51. The van der Waals surface area contributed by atoms with Crippen LogP contribution in [-0.2, 0) is 17.7 Å². The molecule has 0 saturated carbocycles. The maximum Gasteiger partial charge on any atom is 0.335 e. The zero-order valence-corrected chi connectivity index (χ0v) is 22.9. The van der Waals surface area contributed by atoms with Crippen LogP contribution in [0.15, 0.2) is 6.33 Å². The summed E-state index contributed by atoms with van der Waals surface area (Å²) < 4.78 is 29.1. The van der Waals surface area contributed by atoms with Crippen LogP contribution in [0.2, 0.25) is 22.2 Å². The molecule has 9 nitrogen and oxygen atoms in total. The van der Waals surface area contributed by atoms with Gasteiger partial charge in [0.25, 0.3) is 5.91 Å². The summed E-state index contributed by atoms with van der Waals surface area (Å²) in [7, 11) is -5.33. The van der Waals surface area contributed by atoms with Crippen LogP contribution in [-0.4, -0.2) is 56.6 Å². The maximum atomic E-state index is 11.5. The van der Waals surface area contributed by atoms with E-state index in [0.29, 0.717) is 6.61 Å². The summed E-state index contributed by atoms with van der Waals surface area (Å²) in [6.07, 6.45) is 0.611. The first-order chi connectivity index (χ1) is 14.9. The van der Waals surface area contributed by atoms with E-state index < -0.39 is 29.3 Å². The van der Waals surface area contributed by atoms with Crippen LogP contribution in [0.5, 0.6) is 0 Å². The second-order valence-corrected chi connectivity index (χ2v) is 19.2. The molecule has 4 atom stereocenters. The number of fused-ring (bicyclic) bond motifs is 1. The van der Waals surface area contributed by atoms with E-state index in [9.17, 15) is 4.79 Å². The number of nitrogens with zero attached hydrogens (tertiary/aromatic N) is 3. The molecular formula is C21H40N4O5Si2. The number of rotatable bonds is 6. The van der Waals surface area contributed by atoms with Crippen molar-refractivity contribution in [2.24, 2.45) is 11.7 Å². The number of nitrogens with two attached hydrogens (primary N) is 1. The first kappa shape index (κ1) is 25.5. The Kier molecular flexibility index (Phi) is 7.38. The lowest BCUT2D eigenvalue weighted by Crippen LogP contribution is -2.65. The molecule has 2 saturated heterocycles. The molecule has 3 heterocycles. The van der Waals surface area contributed by atoms with Crippen molar-refractivity contribution in [3.63, 3.8) is 0 Å². The second kappa shape index (κ2) is 9.26. The highest BCUT2D eigenvalue weighted by molar-refractivity contribution is 6.83. The number of primary amides is 1. The molecule has 182 valence electrons. The van der Waals surface area contributed by atoms with Crippen molar-refractivity contribution in [3.8, 4) is 0 Å². The first-order valence-electron chi connectivity index (χ1n) is 11.7. The second-order valence-electron chi connectivity index (χ2n) is 10.4. The third-order valence-corrected chi connectivity index (χ3v) is 17.2. The van der Waals surface area contributed by atoms with Gasteiger partial charge in [0.2, 0.25) is 5.82 Å². The average molecular weight is 485 g/mol. The molecule has 2 N–H and O–H groups in total. The van der Waals surface area contributed by atoms with E-state index in [2.05, 4.69) is 72.4 Å². The van der Waals surface area contributed by atoms with Crippen molar-refractivity contribution in [2.75, 3.05) is 6.61 Å². The molecule has 0 bridgehead atoms. The number of carbonyl (C=O) groups excluding carboxylic acids is 1. The summed E-state index contributed by atoms with van der Waals surface area (Å²) in [6.45, 7) is 20.1. The van der Waals surface area contributed by atoms with Gasteiger partial charge in [-0.3, -0.25) is 4.79 Å². The van der Waals surface area contributed by atoms with Gasteiger partial charge in [0.05, 0.1) is 12.7 Å². The predicted octanol–water partition coefficient (Wildman–Crippen LogP) is 3.87. The Labute approximate surface area is 193 Å². The van der Waals surface area contributed by atoms with Crippen molar-refractivity contribution in [1.29, 1.82) is 0 Å². The first-order valence-corrected chi connectivity index (χ1v) is 15.7. The Hall–Kier alpha value is -1.12. The van der Waals surface area contributed by atoms with Crippen LogP contribution in [0.1, 0.15) is 79.2 Å². The molecule has 2 aliphatic rings. The summed E-state index contributed by atoms with van der Waals surface area (Å²) >= 11 is 0. The Bertz CT molecular complexity index is 800. The minimum Gasteiger partial charge on any atom is -0.414 e. The highest BCUT2D eigenvalue weighted by Crippen LogP contribution is 2.49. The minimum absolute atomic E-state index is 0.0234. The van der Waals surface area contributed by atoms with E-state index in [1.807, 2.05) is 0 Å². The summed E-state index contributed by atoms with van der Waals surface area (Å²) in [5.41, 5.74) is 6.37. The summed E-state index contributed by atoms with van der Waals surface area (Å²) in [5, 5.41) is 4.24. The SMILES string of the molecule is CC(C)[Si]1(C(C)C)OCC2OC(n3cnc(C(N)=O)n3)[C@H](C)C2O[Si](C(C)C)(C(C)C)O1. The van der Waals surface area contributed by atoms with E-state index in [1.54, 1.807) is 4.68 Å². The molecule has 1 aromatic rings. The van der Waals surface area contributed by atoms with Crippen molar-refractivity contribution in [1.82, 2.24) is 14.8 Å². The van der Waals surface area contributed by atoms with Crippen LogP contribution in [0.4, 0.5) is 0 Å². The predicted molar refractivity (Wildman–Crippen MR) is 125 cm³/mol. The molecule has 2 fully saturated rings. The topological polar surface area (TPSA) is 111 Å². The summed E-state index contributed by atoms with van der Waals surface area (Å²) in [5.74, 6) is -0.722. The number of ether oxygens (including phenoxy) is 1. The fourth-order valence-corrected chi connectivity index (χ4v) is 16.4. The molecule has 1 amide bonds. The van der Waals surface area contributed by atoms with Gasteiger partial charge in [-0.25, -0.2) is 9.67 Å². The number of carbonyl (C=O) groups is 1. The zero-order chi connectivity index (χ0) is 24.0. The summed E-state index contributed by atoms with van der Waals surface area (Å²) in [6, 6.07) is 0. The van der Waals surface area contributed by atoms with E-state index in [1.165, 1.54) is 6.33 Å². The third kappa shape index (κ3) is 4.23. The van der Waals surface area contributed by atoms with E-state index in [4.69, 9.17) is 23.4 Å². The van der Waals surface area contributed by atoms with Gasteiger partial charge in [-0.05, 0) is 22.2 Å². The van der Waals surface area contributed by atoms with E-state index in [-0.39, 0.29) is 46.1 Å². The standard InChI is InChI=1S/C21H40N4O5Si2/c1-12(2)31(13(3)4)27-10-17-18(29-32(30-31,14(5)6)15(7)8)16(9)21(28-17)25-11-23-20(24-25)19(22)26/h11-18,21H,10H2,1-9H3,(H2,22,26)/t16-,17?,18?,21?/m1/s1. The van der Waals surface area contributed by atoms with Gasteiger partial charge < -0.3 is 23.4 Å². The zero-order valence-electron chi connectivity index (χ0n) is 20.9. The van der Waals surface area contributed by atoms with Crippen molar-refractivity contribution in [3.05, 3.63) is 12.2 Å². The smallest absolute Gasteiger partial charge is 0.335 e. The number of aromatic nitrogens is 3. The highest BCUT2D eigenvalue weighted by atomic mass is 28.5. The molecule has 1 aromatic heterocycles. The molecule has 3 rings (SSSR count). The van der Waals surface area contributed by atoms with Gasteiger partial charge in [-0.15, -0.1) is 5.10 Å². The molecular weight excluding hydrogens is 444 g/mol. The van der Waals surface area contributed by atoms with E-state index >= 15 is 0 Å². The lowest BCUT2D eigenvalue weighted by molar-refractivity contribution is -0.0595. The fraction of sp³-hybridized carbons (Fsp3) is 0.857. The van der Waals surface area contributed by atoms with Crippen LogP contribution in [0.25, 0.3) is 0 Å². The number of hydrogen-bond acceptors (Lipinski definition) is 7. The quantitative estimate of drug-likeness (QED) is 0.610. The van der Waals surface area contributed by atoms with Gasteiger partial charge in [0.15, 0.2) is 6.23 Å². The largest absolute Gasteiger partial charge is 0.414 e. The molecule has 0 radical (unpaired) electrons. The normalized spacial score (nSPS) is 30.0. The molecule has 2 aliphatic heterocycles. The number of amides is 1.